The van der Waals surface area contributed by atoms with E-state index >= 15 is 0 Å². The molecule has 5 unspecified atom stereocenters. The fourth-order valence-electron chi connectivity index (χ4n) is 5.95. The van der Waals surface area contributed by atoms with Crippen molar-refractivity contribution in [1.29, 1.82) is 0 Å². The molecule has 0 radical (unpaired) electrons. The highest BCUT2D eigenvalue weighted by atomic mass is 16.5. The molecule has 0 spiro atoms. The predicted octanol–water partition coefficient (Wildman–Crippen LogP) is 5.13. The lowest BCUT2D eigenvalue weighted by Gasteiger charge is -2.64. The lowest BCUT2D eigenvalue weighted by molar-refractivity contribution is -0.274. The molecule has 5 aliphatic heterocycles. The molecule has 4 heteroatoms. The Kier molecular flexibility index (Phi) is 4.32. The molecule has 4 bridgehead atoms. The zero-order valence-electron chi connectivity index (χ0n) is 17.5. The molecular weight excluding hydrogens is 372 g/mol. The molecule has 8 rings (SSSR count). The largest absolute Gasteiger partial charge is 0.489 e. The first-order chi connectivity index (χ1) is 14.8. The minimum absolute atomic E-state index is 0.0225. The van der Waals surface area contributed by atoms with Crippen LogP contribution in [-0.2, 0) is 11.3 Å². The van der Waals surface area contributed by atoms with Crippen molar-refractivity contribution in [2.45, 2.75) is 50.5 Å². The third-order valence-corrected chi connectivity index (χ3v) is 7.59. The summed E-state index contributed by atoms with van der Waals surface area (Å²) < 4.78 is 13.0. The van der Waals surface area contributed by atoms with E-state index in [1.807, 2.05) is 30.5 Å². The van der Waals surface area contributed by atoms with Crippen LogP contribution in [-0.4, -0.2) is 34.6 Å². The molecule has 5 fully saturated rings. The first-order valence-corrected chi connectivity index (χ1v) is 11.2. The summed E-state index contributed by atoms with van der Waals surface area (Å²) in [6, 6.07) is 19.2. The predicted molar refractivity (Wildman–Crippen MR) is 117 cm³/mol. The monoisotopic (exact) mass is 400 g/mol. The van der Waals surface area contributed by atoms with Gasteiger partial charge >= 0.3 is 0 Å². The van der Waals surface area contributed by atoms with Crippen molar-refractivity contribution in [2.24, 2.45) is 5.92 Å². The van der Waals surface area contributed by atoms with Crippen LogP contribution in [0.1, 0.15) is 43.4 Å². The second-order valence-electron chi connectivity index (χ2n) is 9.07. The van der Waals surface area contributed by atoms with Crippen molar-refractivity contribution >= 4 is 10.9 Å². The number of morpholine rings is 1. The zero-order chi connectivity index (χ0) is 20.1. The molecule has 3 aromatic rings. The van der Waals surface area contributed by atoms with E-state index in [1.54, 1.807) is 0 Å². The fraction of sp³-hybridized carbons (Fsp3) is 0.423. The number of ether oxygens (including phenoxy) is 2. The molecule has 0 aliphatic carbocycles. The van der Waals surface area contributed by atoms with Crippen molar-refractivity contribution in [3.63, 3.8) is 0 Å². The van der Waals surface area contributed by atoms with Crippen LogP contribution in [0.25, 0.3) is 10.9 Å². The Morgan fingerprint density at radius 1 is 1.17 bits per heavy atom. The summed E-state index contributed by atoms with van der Waals surface area (Å²) in [6.45, 7) is 5.17. The fourth-order valence-corrected chi connectivity index (χ4v) is 5.95. The van der Waals surface area contributed by atoms with Gasteiger partial charge in [-0.1, -0.05) is 37.3 Å². The summed E-state index contributed by atoms with van der Waals surface area (Å²) in [5.41, 5.74) is 3.47. The number of pyridine rings is 1. The van der Waals surface area contributed by atoms with Crippen LogP contribution >= 0.6 is 0 Å². The molecule has 4 nitrogen and oxygen atoms in total. The summed E-state index contributed by atoms with van der Waals surface area (Å²) in [7, 11) is 0. The van der Waals surface area contributed by atoms with Gasteiger partial charge < -0.3 is 9.47 Å². The Hall–Kier alpha value is -2.43. The van der Waals surface area contributed by atoms with E-state index in [9.17, 15) is 0 Å². The number of aromatic nitrogens is 1. The molecule has 5 atom stereocenters. The standard InChI is InChI=1S/C26H28N2O2/c1-2-26-17-28-13-11-19(26)14-24(28)25(30-26)21-10-12-27-23-9-8-20(15-22(21)23)29-16-18-6-4-3-5-7-18/h3-10,12,15,19,24-25H,2,11,13-14,16-17H2,1H3. The Labute approximate surface area is 177 Å². The molecule has 6 heterocycles. The van der Waals surface area contributed by atoms with E-state index in [2.05, 4.69) is 47.1 Å². The van der Waals surface area contributed by atoms with E-state index in [-0.39, 0.29) is 11.7 Å². The average molecular weight is 401 g/mol. The highest BCUT2D eigenvalue weighted by Crippen LogP contribution is 2.54. The van der Waals surface area contributed by atoms with Gasteiger partial charge in [-0.15, -0.1) is 0 Å². The van der Waals surface area contributed by atoms with Crippen molar-refractivity contribution in [2.75, 3.05) is 13.1 Å². The van der Waals surface area contributed by atoms with Gasteiger partial charge in [-0.25, -0.2) is 0 Å². The molecule has 0 N–H and O–H groups in total. The van der Waals surface area contributed by atoms with Gasteiger partial charge in [0.25, 0.3) is 0 Å². The Bertz CT molecular complexity index is 1070. The second kappa shape index (κ2) is 7.07. The molecule has 5 saturated heterocycles. The third kappa shape index (κ3) is 2.85. The summed E-state index contributed by atoms with van der Waals surface area (Å²) in [5.74, 6) is 1.60. The smallest absolute Gasteiger partial charge is 0.120 e. The van der Waals surface area contributed by atoms with Crippen molar-refractivity contribution in [1.82, 2.24) is 9.88 Å². The normalized spacial score (nSPS) is 31.9. The molecular formula is C26H28N2O2. The second-order valence-corrected chi connectivity index (χ2v) is 9.07. The molecule has 0 amide bonds. The van der Waals surface area contributed by atoms with Crippen molar-refractivity contribution < 1.29 is 9.47 Å². The van der Waals surface area contributed by atoms with Gasteiger partial charge in [0, 0.05) is 24.2 Å². The Morgan fingerprint density at radius 3 is 2.87 bits per heavy atom. The van der Waals surface area contributed by atoms with Crippen LogP contribution in [0.3, 0.4) is 0 Å². The summed E-state index contributed by atoms with van der Waals surface area (Å²) in [4.78, 5) is 7.30. The third-order valence-electron chi connectivity index (χ3n) is 7.59. The van der Waals surface area contributed by atoms with Crippen molar-refractivity contribution in [3.05, 3.63) is 71.9 Å². The molecule has 1 aromatic heterocycles. The van der Waals surface area contributed by atoms with E-state index in [0.29, 0.717) is 18.6 Å². The summed E-state index contributed by atoms with van der Waals surface area (Å²) >= 11 is 0. The maximum absolute atomic E-state index is 6.91. The summed E-state index contributed by atoms with van der Waals surface area (Å²) in [5, 5.41) is 1.16. The zero-order valence-corrected chi connectivity index (χ0v) is 17.5. The first-order valence-electron chi connectivity index (χ1n) is 11.2. The lowest BCUT2D eigenvalue weighted by Crippen LogP contribution is -2.70. The van der Waals surface area contributed by atoms with Crippen LogP contribution in [0.15, 0.2) is 60.8 Å². The van der Waals surface area contributed by atoms with Crippen LogP contribution < -0.4 is 4.74 Å². The first kappa shape index (κ1) is 18.3. The van der Waals surface area contributed by atoms with Crippen LogP contribution in [0, 0.1) is 5.92 Å². The number of fused-ring (bicyclic) bond motifs is 3. The number of rotatable bonds is 5. The Balaban J connectivity index is 1.34. The maximum atomic E-state index is 6.91. The van der Waals surface area contributed by atoms with Crippen LogP contribution in [0.4, 0.5) is 0 Å². The van der Waals surface area contributed by atoms with E-state index in [0.717, 1.165) is 29.6 Å². The highest BCUT2D eigenvalue weighted by molar-refractivity contribution is 5.84. The number of nitrogens with zero attached hydrogens (tertiary/aromatic N) is 2. The lowest BCUT2D eigenvalue weighted by atomic mass is 9.66. The van der Waals surface area contributed by atoms with Gasteiger partial charge in [0.15, 0.2) is 0 Å². The van der Waals surface area contributed by atoms with Gasteiger partial charge in [0.05, 0.1) is 17.2 Å². The van der Waals surface area contributed by atoms with Gasteiger partial charge in [-0.05, 0) is 67.1 Å². The molecule has 30 heavy (non-hydrogen) atoms. The van der Waals surface area contributed by atoms with Gasteiger partial charge in [-0.2, -0.15) is 0 Å². The van der Waals surface area contributed by atoms with E-state index in [4.69, 9.17) is 9.47 Å². The van der Waals surface area contributed by atoms with Gasteiger partial charge in [0.1, 0.15) is 12.4 Å². The minimum Gasteiger partial charge on any atom is -0.489 e. The van der Waals surface area contributed by atoms with E-state index in [1.165, 1.54) is 30.5 Å². The minimum atomic E-state index is 0.0225. The summed E-state index contributed by atoms with van der Waals surface area (Å²) in [6.07, 6.45) is 5.68. The molecule has 2 aromatic carbocycles. The topological polar surface area (TPSA) is 34.6 Å². The quantitative estimate of drug-likeness (QED) is 0.595. The number of hydrogen-bond donors (Lipinski definition) is 0. The maximum Gasteiger partial charge on any atom is 0.120 e. The number of benzene rings is 2. The molecule has 0 saturated carbocycles. The molecule has 154 valence electrons. The Morgan fingerprint density at radius 2 is 2.07 bits per heavy atom. The van der Waals surface area contributed by atoms with Crippen LogP contribution in [0.2, 0.25) is 0 Å². The molecule has 5 aliphatic rings. The number of hydrogen-bond acceptors (Lipinski definition) is 4. The average Bonchev–Trinajstić information content (AvgIpc) is 2.82. The highest BCUT2D eigenvalue weighted by Gasteiger charge is 2.58. The number of piperidine rings is 3. The van der Waals surface area contributed by atoms with Crippen LogP contribution in [0.5, 0.6) is 5.75 Å². The van der Waals surface area contributed by atoms with Gasteiger partial charge in [0.2, 0.25) is 0 Å². The SMILES string of the molecule is CCC12CN3CCC1CC3C(c1ccnc3ccc(OCc4ccccc4)cc13)O2. The van der Waals surface area contributed by atoms with E-state index < -0.39 is 0 Å². The van der Waals surface area contributed by atoms with Gasteiger partial charge in [-0.3, -0.25) is 9.88 Å². The van der Waals surface area contributed by atoms with Crippen molar-refractivity contribution in [3.8, 4) is 5.75 Å².